The van der Waals surface area contributed by atoms with Crippen LogP contribution in [0.3, 0.4) is 0 Å². The fourth-order valence-electron chi connectivity index (χ4n) is 5.12. The molecule has 0 bridgehead atoms. The van der Waals surface area contributed by atoms with Crippen molar-refractivity contribution >= 4 is 29.0 Å². The summed E-state index contributed by atoms with van der Waals surface area (Å²) < 4.78 is 40.9. The number of carbonyl (C=O) groups excluding carboxylic acids is 3. The number of carboxylic acid groups (broad SMARTS) is 1. The monoisotopic (exact) mass is 577 g/mol. The van der Waals surface area contributed by atoms with E-state index in [2.05, 4.69) is 5.32 Å². The Bertz CT molecular complexity index is 1490. The molecule has 1 amide bonds. The molecule has 4 rings (SSSR count). The number of hydrogen-bond donors (Lipinski definition) is 2. The molecule has 3 aromatic rings. The van der Waals surface area contributed by atoms with Crippen molar-refractivity contribution in [3.63, 3.8) is 0 Å². The fourth-order valence-corrected chi connectivity index (χ4v) is 5.12. The van der Waals surface area contributed by atoms with Gasteiger partial charge in [0, 0.05) is 28.8 Å². The van der Waals surface area contributed by atoms with E-state index in [4.69, 9.17) is 5.11 Å². The number of aliphatic carboxylic acids is 1. The summed E-state index contributed by atoms with van der Waals surface area (Å²) in [6.45, 7) is -0.0693. The maximum Gasteiger partial charge on any atom is 0.417 e. The van der Waals surface area contributed by atoms with Gasteiger partial charge in [-0.25, -0.2) is 0 Å². The molecule has 0 heterocycles. The minimum atomic E-state index is -4.76. The van der Waals surface area contributed by atoms with Crippen LogP contribution in [0.2, 0.25) is 0 Å². The first-order chi connectivity index (χ1) is 20.0. The number of benzene rings is 3. The zero-order valence-electron chi connectivity index (χ0n) is 22.7. The zero-order valence-corrected chi connectivity index (χ0v) is 22.7. The van der Waals surface area contributed by atoms with Crippen LogP contribution in [0.15, 0.2) is 78.9 Å². The lowest BCUT2D eigenvalue weighted by Crippen LogP contribution is -2.26. The first kappa shape index (κ1) is 30.4. The Labute approximate surface area is 241 Å². The molecule has 0 aromatic heterocycles. The maximum absolute atomic E-state index is 13.7. The molecule has 218 valence electrons. The number of Topliss-reactive ketones (excluding diaryl/α,β-unsaturated/α-hetero) is 1. The third-order valence-electron chi connectivity index (χ3n) is 7.35. The van der Waals surface area contributed by atoms with Gasteiger partial charge in [0.05, 0.1) is 12.0 Å². The largest absolute Gasteiger partial charge is 0.481 e. The van der Waals surface area contributed by atoms with Crippen LogP contribution < -0.4 is 5.32 Å². The quantitative estimate of drug-likeness (QED) is 0.198. The van der Waals surface area contributed by atoms with Crippen molar-refractivity contribution < 1.29 is 37.5 Å². The van der Waals surface area contributed by atoms with Crippen LogP contribution in [-0.4, -0.2) is 35.1 Å². The number of halogens is 3. The van der Waals surface area contributed by atoms with Gasteiger partial charge >= 0.3 is 12.1 Å². The third kappa shape index (κ3) is 7.60. The predicted molar refractivity (Wildman–Crippen MR) is 151 cm³/mol. The first-order valence-corrected chi connectivity index (χ1v) is 13.7. The summed E-state index contributed by atoms with van der Waals surface area (Å²) in [6, 6.07) is 17.2. The number of rotatable bonds is 10. The highest BCUT2D eigenvalue weighted by molar-refractivity contribution is 6.33. The Balaban J connectivity index is 1.67. The van der Waals surface area contributed by atoms with E-state index in [-0.39, 0.29) is 29.7 Å². The molecular weight excluding hydrogens is 547 g/mol. The van der Waals surface area contributed by atoms with Crippen LogP contribution in [0.25, 0.3) is 5.57 Å². The van der Waals surface area contributed by atoms with E-state index >= 15 is 0 Å². The SMILES string of the molecule is O=C(O)CCNC(=O)c1ccc(C(=O)C(=CC(=O)c2ccccc2C(F)(F)F)c2ccc(C3CCCCC3)cc2)cc1. The summed E-state index contributed by atoms with van der Waals surface area (Å²) in [4.78, 5) is 49.9. The molecule has 9 heteroatoms. The summed E-state index contributed by atoms with van der Waals surface area (Å²) in [5, 5.41) is 11.2. The van der Waals surface area contributed by atoms with E-state index in [1.165, 1.54) is 42.8 Å². The van der Waals surface area contributed by atoms with Crippen LogP contribution in [0, 0.1) is 0 Å². The molecule has 0 radical (unpaired) electrons. The molecule has 3 aromatic carbocycles. The van der Waals surface area contributed by atoms with Crippen LogP contribution in [0.5, 0.6) is 0 Å². The van der Waals surface area contributed by atoms with Gasteiger partial charge in [0.25, 0.3) is 5.91 Å². The predicted octanol–water partition coefficient (Wildman–Crippen LogP) is 7.11. The topological polar surface area (TPSA) is 101 Å². The summed E-state index contributed by atoms with van der Waals surface area (Å²) in [6.07, 6.45) is 1.52. The Morgan fingerprint density at radius 3 is 2.02 bits per heavy atom. The molecular formula is C33H30F3NO5. The van der Waals surface area contributed by atoms with Crippen molar-refractivity contribution in [3.05, 3.63) is 112 Å². The van der Waals surface area contributed by atoms with Gasteiger partial charge in [0.2, 0.25) is 0 Å². The number of carbonyl (C=O) groups is 4. The van der Waals surface area contributed by atoms with Gasteiger partial charge in [0.1, 0.15) is 0 Å². The average Bonchev–Trinajstić information content (AvgIpc) is 2.99. The molecule has 1 aliphatic rings. The Hall–Kier alpha value is -4.53. The lowest BCUT2D eigenvalue weighted by Gasteiger charge is -2.22. The van der Waals surface area contributed by atoms with Crippen molar-refractivity contribution in [1.29, 1.82) is 0 Å². The van der Waals surface area contributed by atoms with Crippen LogP contribution in [0.4, 0.5) is 13.2 Å². The van der Waals surface area contributed by atoms with E-state index < -0.39 is 40.7 Å². The number of carboxylic acids is 1. The van der Waals surface area contributed by atoms with E-state index in [1.54, 1.807) is 12.1 Å². The van der Waals surface area contributed by atoms with Gasteiger partial charge in [-0.3, -0.25) is 19.2 Å². The first-order valence-electron chi connectivity index (χ1n) is 13.7. The average molecular weight is 578 g/mol. The molecule has 2 N–H and O–H groups in total. The van der Waals surface area contributed by atoms with Gasteiger partial charge in [0.15, 0.2) is 11.6 Å². The molecule has 42 heavy (non-hydrogen) atoms. The molecule has 1 saturated carbocycles. The highest BCUT2D eigenvalue weighted by Crippen LogP contribution is 2.35. The second-order valence-electron chi connectivity index (χ2n) is 10.2. The molecule has 1 fully saturated rings. The van der Waals surface area contributed by atoms with Crippen molar-refractivity contribution in [1.82, 2.24) is 5.32 Å². The smallest absolute Gasteiger partial charge is 0.417 e. The van der Waals surface area contributed by atoms with Crippen molar-refractivity contribution in [2.45, 2.75) is 50.6 Å². The van der Waals surface area contributed by atoms with Crippen molar-refractivity contribution in [3.8, 4) is 0 Å². The lowest BCUT2D eigenvalue weighted by molar-refractivity contribution is -0.138. The zero-order chi connectivity index (χ0) is 30.3. The molecule has 0 saturated heterocycles. The molecule has 0 spiro atoms. The minimum Gasteiger partial charge on any atom is -0.481 e. The number of allylic oxidation sites excluding steroid dienone is 2. The molecule has 1 aliphatic carbocycles. The summed E-state index contributed by atoms with van der Waals surface area (Å²) >= 11 is 0. The van der Waals surface area contributed by atoms with Gasteiger partial charge in [-0.1, -0.05) is 73.9 Å². The number of nitrogens with one attached hydrogen (secondary N) is 1. The molecule has 0 aliphatic heterocycles. The van der Waals surface area contributed by atoms with Gasteiger partial charge in [-0.2, -0.15) is 13.2 Å². The molecule has 6 nitrogen and oxygen atoms in total. The summed E-state index contributed by atoms with van der Waals surface area (Å²) in [7, 11) is 0. The highest BCUT2D eigenvalue weighted by Gasteiger charge is 2.34. The van der Waals surface area contributed by atoms with E-state index in [0.29, 0.717) is 11.5 Å². The second-order valence-corrected chi connectivity index (χ2v) is 10.2. The van der Waals surface area contributed by atoms with E-state index in [0.717, 1.165) is 49.5 Å². The van der Waals surface area contributed by atoms with Crippen molar-refractivity contribution in [2.24, 2.45) is 0 Å². The Morgan fingerprint density at radius 2 is 1.40 bits per heavy atom. The van der Waals surface area contributed by atoms with Crippen molar-refractivity contribution in [2.75, 3.05) is 6.54 Å². The molecule has 0 unspecified atom stereocenters. The minimum absolute atomic E-state index is 0.0693. The summed E-state index contributed by atoms with van der Waals surface area (Å²) in [5.41, 5.74) is 0.0634. The Kier molecular flexibility index (Phi) is 9.72. The van der Waals surface area contributed by atoms with E-state index in [1.807, 2.05) is 12.1 Å². The van der Waals surface area contributed by atoms with Gasteiger partial charge < -0.3 is 10.4 Å². The number of hydrogen-bond acceptors (Lipinski definition) is 4. The highest BCUT2D eigenvalue weighted by atomic mass is 19.4. The Morgan fingerprint density at radius 1 is 0.810 bits per heavy atom. The normalized spacial score (nSPS) is 14.3. The van der Waals surface area contributed by atoms with Gasteiger partial charge in [-0.15, -0.1) is 0 Å². The number of ketones is 2. The van der Waals surface area contributed by atoms with Crippen LogP contribution in [0.1, 0.15) is 92.2 Å². The van der Waals surface area contributed by atoms with Crippen LogP contribution in [-0.2, 0) is 11.0 Å². The molecule has 0 atom stereocenters. The number of alkyl halides is 3. The summed E-state index contributed by atoms with van der Waals surface area (Å²) in [5.74, 6) is -2.75. The van der Waals surface area contributed by atoms with Gasteiger partial charge in [-0.05, 0) is 54.2 Å². The maximum atomic E-state index is 13.7. The fraction of sp³-hybridized carbons (Fsp3) is 0.273. The van der Waals surface area contributed by atoms with E-state index in [9.17, 15) is 32.3 Å². The number of amides is 1. The second kappa shape index (κ2) is 13.4. The standard InChI is InChI=1S/C33H30F3NO5/c34-33(35,36)28-9-5-4-8-26(28)29(38)20-27(23-12-10-22(11-13-23)21-6-2-1-3-7-21)31(41)24-14-16-25(17-15-24)32(42)37-19-18-30(39)40/h4-5,8-17,20-21H,1-3,6-7,18-19H2,(H,37,42)(H,39,40). The van der Waals surface area contributed by atoms with Crippen LogP contribution >= 0.6 is 0 Å². The third-order valence-corrected chi connectivity index (χ3v) is 7.35. The lowest BCUT2D eigenvalue weighted by atomic mass is 9.83.